The largest absolute Gasteiger partial charge is 0.368 e. The molecule has 25 heavy (non-hydrogen) atoms. The summed E-state index contributed by atoms with van der Waals surface area (Å²) < 4.78 is 0. The second-order valence-corrected chi connectivity index (χ2v) is 7.05. The van der Waals surface area contributed by atoms with Gasteiger partial charge >= 0.3 is 0 Å². The smallest absolute Gasteiger partial charge is 0.247 e. The minimum atomic E-state index is 0.744. The van der Waals surface area contributed by atoms with Crippen LogP contribution in [-0.4, -0.2) is 54.4 Å². The maximum atomic E-state index is 6.11. The first-order chi connectivity index (χ1) is 12.3. The monoisotopic (exact) mass is 358 g/mol. The van der Waals surface area contributed by atoms with E-state index in [2.05, 4.69) is 31.0 Å². The molecule has 0 radical (unpaired) electrons. The normalized spacial score (nSPS) is 18.5. The lowest BCUT2D eigenvalue weighted by atomic mass is 10.1. The second-order valence-electron chi connectivity index (χ2n) is 6.62. The summed E-state index contributed by atoms with van der Waals surface area (Å²) >= 11 is 6.11. The van der Waals surface area contributed by atoms with E-state index in [0.717, 1.165) is 56.1 Å². The van der Waals surface area contributed by atoms with Crippen molar-refractivity contribution in [1.29, 1.82) is 0 Å². The molecule has 0 bridgehead atoms. The van der Waals surface area contributed by atoms with E-state index < -0.39 is 0 Å². The van der Waals surface area contributed by atoms with Crippen molar-refractivity contribution in [2.24, 2.45) is 0 Å². The van der Waals surface area contributed by atoms with E-state index in [-0.39, 0.29) is 0 Å². The van der Waals surface area contributed by atoms with E-state index in [1.807, 2.05) is 18.2 Å². The molecule has 6 nitrogen and oxygen atoms in total. The molecule has 2 aliphatic rings. The Labute approximate surface area is 153 Å². The molecule has 2 saturated heterocycles. The van der Waals surface area contributed by atoms with Crippen LogP contribution in [0.5, 0.6) is 0 Å². The van der Waals surface area contributed by atoms with E-state index in [1.54, 1.807) is 6.20 Å². The predicted octanol–water partition coefficient (Wildman–Crippen LogP) is 2.84. The van der Waals surface area contributed by atoms with Crippen molar-refractivity contribution in [3.8, 4) is 0 Å². The van der Waals surface area contributed by atoms with Crippen LogP contribution >= 0.6 is 11.6 Å². The van der Waals surface area contributed by atoms with Gasteiger partial charge in [0.05, 0.1) is 6.20 Å². The lowest BCUT2D eigenvalue weighted by Crippen LogP contribution is -2.47. The molecule has 0 N–H and O–H groups in total. The first-order valence-electron chi connectivity index (χ1n) is 9.00. The van der Waals surface area contributed by atoms with Crippen LogP contribution in [0.3, 0.4) is 0 Å². The molecule has 0 aliphatic carbocycles. The number of benzene rings is 1. The van der Waals surface area contributed by atoms with Gasteiger partial charge in [0, 0.05) is 50.0 Å². The molecule has 3 heterocycles. The Balaban J connectivity index is 1.42. The summed E-state index contributed by atoms with van der Waals surface area (Å²) in [7, 11) is 0. The molecule has 0 atom stereocenters. The van der Waals surface area contributed by atoms with Gasteiger partial charge in [-0.1, -0.05) is 17.7 Å². The van der Waals surface area contributed by atoms with Crippen molar-refractivity contribution in [3.63, 3.8) is 0 Å². The Morgan fingerprint density at radius 1 is 0.840 bits per heavy atom. The summed E-state index contributed by atoms with van der Waals surface area (Å²) in [5, 5.41) is 9.24. The van der Waals surface area contributed by atoms with Gasteiger partial charge in [-0.25, -0.2) is 0 Å². The number of hydrogen-bond donors (Lipinski definition) is 0. The fraction of sp³-hybridized carbons (Fsp3) is 0.500. The molecular formula is C18H23ClN6. The molecule has 0 saturated carbocycles. The molecule has 0 unspecified atom stereocenters. The van der Waals surface area contributed by atoms with E-state index in [4.69, 9.17) is 16.6 Å². The molecule has 2 fully saturated rings. The molecule has 4 rings (SSSR count). The van der Waals surface area contributed by atoms with Crippen molar-refractivity contribution in [1.82, 2.24) is 15.2 Å². The van der Waals surface area contributed by atoms with Crippen LogP contribution in [0.15, 0.2) is 30.5 Å². The zero-order valence-corrected chi connectivity index (χ0v) is 15.1. The third kappa shape index (κ3) is 3.79. The predicted molar refractivity (Wildman–Crippen MR) is 102 cm³/mol. The van der Waals surface area contributed by atoms with Crippen LogP contribution in [0.2, 0.25) is 5.02 Å². The number of anilines is 3. The van der Waals surface area contributed by atoms with Crippen molar-refractivity contribution >= 4 is 29.1 Å². The number of piperazine rings is 1. The minimum absolute atomic E-state index is 0.744. The highest BCUT2D eigenvalue weighted by atomic mass is 35.5. The Hall–Kier alpha value is -2.08. The molecule has 1 aromatic carbocycles. The lowest BCUT2D eigenvalue weighted by molar-refractivity contribution is 0.569. The van der Waals surface area contributed by atoms with Crippen LogP contribution < -0.4 is 14.7 Å². The van der Waals surface area contributed by atoms with Crippen LogP contribution in [0.1, 0.15) is 19.3 Å². The Morgan fingerprint density at radius 2 is 1.60 bits per heavy atom. The molecule has 1 aromatic heterocycles. The maximum absolute atomic E-state index is 6.11. The van der Waals surface area contributed by atoms with Gasteiger partial charge in [0.25, 0.3) is 0 Å². The Kier molecular flexibility index (Phi) is 4.88. The Bertz CT molecular complexity index is 710. The highest BCUT2D eigenvalue weighted by molar-refractivity contribution is 6.30. The quantitative estimate of drug-likeness (QED) is 0.840. The number of halogens is 1. The highest BCUT2D eigenvalue weighted by Crippen LogP contribution is 2.23. The van der Waals surface area contributed by atoms with Crippen molar-refractivity contribution in [2.45, 2.75) is 19.3 Å². The average Bonchev–Trinajstić information content (AvgIpc) is 2.69. The van der Waals surface area contributed by atoms with Crippen LogP contribution in [0, 0.1) is 0 Å². The lowest BCUT2D eigenvalue weighted by Gasteiger charge is -2.36. The van der Waals surface area contributed by atoms with Gasteiger partial charge in [-0.05, 0) is 37.5 Å². The second kappa shape index (κ2) is 7.44. The van der Waals surface area contributed by atoms with Gasteiger partial charge in [0.2, 0.25) is 5.95 Å². The van der Waals surface area contributed by atoms with Crippen molar-refractivity contribution < 1.29 is 0 Å². The summed E-state index contributed by atoms with van der Waals surface area (Å²) in [5.74, 6) is 1.70. The third-order valence-corrected chi connectivity index (χ3v) is 5.19. The minimum Gasteiger partial charge on any atom is -0.368 e. The highest BCUT2D eigenvalue weighted by Gasteiger charge is 2.21. The fourth-order valence-corrected chi connectivity index (χ4v) is 3.72. The summed E-state index contributed by atoms with van der Waals surface area (Å²) in [6.45, 7) is 5.77. The first-order valence-corrected chi connectivity index (χ1v) is 9.37. The van der Waals surface area contributed by atoms with Crippen LogP contribution in [0.25, 0.3) is 0 Å². The van der Waals surface area contributed by atoms with Gasteiger partial charge in [0.1, 0.15) is 0 Å². The molecule has 0 amide bonds. The van der Waals surface area contributed by atoms with Gasteiger partial charge in [-0.15, -0.1) is 5.10 Å². The topological polar surface area (TPSA) is 48.4 Å². The fourth-order valence-electron chi connectivity index (χ4n) is 3.53. The summed E-state index contributed by atoms with van der Waals surface area (Å²) in [4.78, 5) is 11.7. The number of rotatable bonds is 3. The summed E-state index contributed by atoms with van der Waals surface area (Å²) in [5.41, 5.74) is 1.17. The van der Waals surface area contributed by atoms with Crippen molar-refractivity contribution in [3.05, 3.63) is 35.5 Å². The number of piperidine rings is 1. The van der Waals surface area contributed by atoms with Gasteiger partial charge in [0.15, 0.2) is 5.82 Å². The Morgan fingerprint density at radius 3 is 2.36 bits per heavy atom. The maximum Gasteiger partial charge on any atom is 0.247 e. The zero-order chi connectivity index (χ0) is 17.1. The van der Waals surface area contributed by atoms with Crippen LogP contribution in [0.4, 0.5) is 17.5 Å². The van der Waals surface area contributed by atoms with Gasteiger partial charge in [-0.2, -0.15) is 10.1 Å². The van der Waals surface area contributed by atoms with Gasteiger partial charge in [-0.3, -0.25) is 0 Å². The zero-order valence-electron chi connectivity index (χ0n) is 14.3. The van der Waals surface area contributed by atoms with E-state index in [1.165, 1.54) is 24.9 Å². The summed E-state index contributed by atoms with van der Waals surface area (Å²) in [6, 6.07) is 8.04. The summed E-state index contributed by atoms with van der Waals surface area (Å²) in [6.07, 6.45) is 5.57. The van der Waals surface area contributed by atoms with Crippen LogP contribution in [-0.2, 0) is 0 Å². The molecule has 7 heteroatoms. The molecule has 2 aromatic rings. The number of hydrogen-bond acceptors (Lipinski definition) is 6. The number of aromatic nitrogens is 3. The van der Waals surface area contributed by atoms with E-state index in [0.29, 0.717) is 0 Å². The third-order valence-electron chi connectivity index (χ3n) is 4.95. The first kappa shape index (κ1) is 16.4. The molecule has 2 aliphatic heterocycles. The van der Waals surface area contributed by atoms with E-state index >= 15 is 0 Å². The van der Waals surface area contributed by atoms with Crippen molar-refractivity contribution in [2.75, 3.05) is 54.0 Å². The van der Waals surface area contributed by atoms with E-state index in [9.17, 15) is 0 Å². The van der Waals surface area contributed by atoms with Gasteiger partial charge < -0.3 is 14.7 Å². The number of nitrogens with zero attached hydrogens (tertiary/aromatic N) is 6. The standard InChI is InChI=1S/C18H23ClN6/c19-15-5-4-6-16(13-15)23-9-11-25(12-10-23)18-21-17(14-20-22-18)24-7-2-1-3-8-24/h4-6,13-14H,1-3,7-12H2. The average molecular weight is 359 g/mol. The molecular weight excluding hydrogens is 336 g/mol. The molecule has 0 spiro atoms. The SMILES string of the molecule is Clc1cccc(N2CCN(c3nncc(N4CCCCC4)n3)CC2)c1. The molecule has 132 valence electrons.